The van der Waals surface area contributed by atoms with E-state index < -0.39 is 17.8 Å². The summed E-state index contributed by atoms with van der Waals surface area (Å²) < 4.78 is 20.5. The maximum absolute atomic E-state index is 15.0. The number of amides is 2. The van der Waals surface area contributed by atoms with Gasteiger partial charge < -0.3 is 25.2 Å². The highest BCUT2D eigenvalue weighted by molar-refractivity contribution is 5.98. The van der Waals surface area contributed by atoms with Gasteiger partial charge in [-0.3, -0.25) is 9.59 Å². The zero-order chi connectivity index (χ0) is 29.9. The zero-order valence-corrected chi connectivity index (χ0v) is 25.1. The van der Waals surface area contributed by atoms with E-state index >= 15 is 4.39 Å². The molecule has 3 aliphatic rings. The Morgan fingerprint density at radius 3 is 2.37 bits per heavy atom. The molecule has 3 aliphatic heterocycles. The number of nitrogens with one attached hydrogen (secondary N) is 2. The van der Waals surface area contributed by atoms with Gasteiger partial charge in [0.05, 0.1) is 30.2 Å². The minimum Gasteiger partial charge on any atom is -0.380 e. The van der Waals surface area contributed by atoms with Gasteiger partial charge in [0.15, 0.2) is 0 Å². The lowest BCUT2D eigenvalue weighted by molar-refractivity contribution is -0.123. The van der Waals surface area contributed by atoms with Crippen molar-refractivity contribution in [1.29, 1.82) is 0 Å². The molecule has 0 spiro atoms. The van der Waals surface area contributed by atoms with E-state index in [9.17, 15) is 9.59 Å². The average Bonchev–Trinajstić information content (AvgIpc) is 3.73. The molecule has 3 aromatic carbocycles. The number of ether oxygens (including phenoxy) is 1. The predicted molar refractivity (Wildman–Crippen MR) is 168 cm³/mol. The Balaban J connectivity index is 1.30. The number of aryl methyl sites for hydroxylation is 2. The number of benzene rings is 3. The summed E-state index contributed by atoms with van der Waals surface area (Å²) in [5.74, 6) is -1.55. The van der Waals surface area contributed by atoms with Crippen LogP contribution in [-0.2, 0) is 9.53 Å². The third kappa shape index (κ3) is 6.25. The Morgan fingerprint density at radius 1 is 0.884 bits per heavy atom. The molecule has 3 fully saturated rings. The van der Waals surface area contributed by atoms with Crippen molar-refractivity contribution in [3.8, 4) is 0 Å². The predicted octanol–water partition coefficient (Wildman–Crippen LogP) is 6.48. The SMILES string of the molecule is Cc1ccc(NC(=O)C2CCCN(C(=O)c3c(C)cccc3F)C2c2ccc(NC3CCOC3)cc2)cc1N1CCCC1. The highest BCUT2D eigenvalue weighted by Gasteiger charge is 2.40. The number of carbonyl (C=O) groups is 2. The molecule has 0 aliphatic carbocycles. The number of hydrogen-bond donors (Lipinski definition) is 2. The van der Waals surface area contributed by atoms with Crippen LogP contribution in [0.1, 0.15) is 65.2 Å². The van der Waals surface area contributed by atoms with E-state index in [2.05, 4.69) is 34.6 Å². The molecule has 226 valence electrons. The molecule has 7 nitrogen and oxygen atoms in total. The fraction of sp³-hybridized carbons (Fsp3) is 0.429. The molecular formula is C35H41FN4O3. The van der Waals surface area contributed by atoms with Gasteiger partial charge in [-0.25, -0.2) is 4.39 Å². The van der Waals surface area contributed by atoms with E-state index in [1.54, 1.807) is 24.0 Å². The van der Waals surface area contributed by atoms with Gasteiger partial charge in [0.2, 0.25) is 5.91 Å². The number of likely N-dealkylation sites (tertiary alicyclic amines) is 1. The smallest absolute Gasteiger partial charge is 0.257 e. The van der Waals surface area contributed by atoms with Crippen LogP contribution < -0.4 is 15.5 Å². The topological polar surface area (TPSA) is 73.9 Å². The first-order chi connectivity index (χ1) is 20.9. The normalized spacial score (nSPS) is 22.1. The molecule has 3 saturated heterocycles. The molecule has 0 radical (unpaired) electrons. The standard InChI is InChI=1S/C35H41FN4O3/c1-23-10-13-27(21-31(23)39-17-3-4-18-39)38-34(41)29-8-6-19-40(35(42)32-24(2)7-5-9-30(32)36)33(29)25-11-14-26(15-12-25)37-28-16-20-43-22-28/h5,7,9-15,21,28-29,33,37H,3-4,6,8,16-20,22H2,1-2H3,(H,38,41). The van der Waals surface area contributed by atoms with E-state index in [4.69, 9.17) is 4.74 Å². The lowest BCUT2D eigenvalue weighted by Crippen LogP contribution is -2.46. The third-order valence-corrected chi connectivity index (χ3v) is 9.14. The number of carbonyl (C=O) groups excluding carboxylic acids is 2. The Bertz CT molecular complexity index is 1440. The van der Waals surface area contributed by atoms with Gasteiger partial charge in [0.25, 0.3) is 5.91 Å². The molecule has 2 N–H and O–H groups in total. The molecule has 0 aromatic heterocycles. The van der Waals surface area contributed by atoms with Crippen molar-refractivity contribution < 1.29 is 18.7 Å². The summed E-state index contributed by atoms with van der Waals surface area (Å²) in [7, 11) is 0. The second-order valence-electron chi connectivity index (χ2n) is 12.1. The minimum absolute atomic E-state index is 0.0712. The first kappa shape index (κ1) is 29.2. The summed E-state index contributed by atoms with van der Waals surface area (Å²) in [5, 5.41) is 6.69. The number of anilines is 3. The van der Waals surface area contributed by atoms with Crippen LogP contribution in [0.4, 0.5) is 21.5 Å². The fourth-order valence-electron chi connectivity index (χ4n) is 6.84. The van der Waals surface area contributed by atoms with Gasteiger partial charge in [-0.2, -0.15) is 0 Å². The van der Waals surface area contributed by atoms with E-state index in [0.717, 1.165) is 48.7 Å². The van der Waals surface area contributed by atoms with Crippen LogP contribution in [0.3, 0.4) is 0 Å². The number of halogens is 1. The molecule has 43 heavy (non-hydrogen) atoms. The highest BCUT2D eigenvalue weighted by Crippen LogP contribution is 2.39. The van der Waals surface area contributed by atoms with Crippen molar-refractivity contribution in [2.24, 2.45) is 5.92 Å². The molecule has 0 saturated carbocycles. The summed E-state index contributed by atoms with van der Waals surface area (Å²) in [6.07, 6.45) is 4.58. The van der Waals surface area contributed by atoms with Crippen LogP contribution in [-0.4, -0.2) is 55.6 Å². The maximum Gasteiger partial charge on any atom is 0.257 e. The number of rotatable bonds is 7. The van der Waals surface area contributed by atoms with Crippen LogP contribution >= 0.6 is 0 Å². The summed E-state index contributed by atoms with van der Waals surface area (Å²) in [5.41, 5.74) is 5.57. The minimum atomic E-state index is -0.539. The summed E-state index contributed by atoms with van der Waals surface area (Å²) in [6, 6.07) is 18.5. The molecule has 3 heterocycles. The molecule has 8 heteroatoms. The van der Waals surface area contributed by atoms with E-state index in [1.807, 2.05) is 30.3 Å². The summed E-state index contributed by atoms with van der Waals surface area (Å²) >= 11 is 0. The Morgan fingerprint density at radius 2 is 1.65 bits per heavy atom. The number of hydrogen-bond acceptors (Lipinski definition) is 5. The molecule has 3 atom stereocenters. The molecule has 3 unspecified atom stereocenters. The van der Waals surface area contributed by atoms with E-state index in [1.165, 1.54) is 24.5 Å². The lowest BCUT2D eigenvalue weighted by Gasteiger charge is -2.41. The highest BCUT2D eigenvalue weighted by atomic mass is 19.1. The van der Waals surface area contributed by atoms with Gasteiger partial charge in [-0.15, -0.1) is 0 Å². The molecule has 2 amide bonds. The van der Waals surface area contributed by atoms with Gasteiger partial charge in [0.1, 0.15) is 5.82 Å². The molecule has 0 bridgehead atoms. The van der Waals surface area contributed by atoms with E-state index in [0.29, 0.717) is 31.6 Å². The van der Waals surface area contributed by atoms with Crippen LogP contribution in [0.15, 0.2) is 60.7 Å². The largest absolute Gasteiger partial charge is 0.380 e. The van der Waals surface area contributed by atoms with Crippen molar-refractivity contribution in [2.75, 3.05) is 48.4 Å². The van der Waals surface area contributed by atoms with Crippen molar-refractivity contribution in [2.45, 2.75) is 58.0 Å². The second-order valence-corrected chi connectivity index (χ2v) is 12.1. The van der Waals surface area contributed by atoms with Crippen molar-refractivity contribution in [1.82, 2.24) is 4.90 Å². The van der Waals surface area contributed by atoms with Gasteiger partial charge >= 0.3 is 0 Å². The first-order valence-electron chi connectivity index (χ1n) is 15.6. The monoisotopic (exact) mass is 584 g/mol. The fourth-order valence-corrected chi connectivity index (χ4v) is 6.84. The average molecular weight is 585 g/mol. The van der Waals surface area contributed by atoms with Crippen molar-refractivity contribution in [3.05, 3.63) is 88.7 Å². The number of piperidine rings is 1. The quantitative estimate of drug-likeness (QED) is 0.333. The second kappa shape index (κ2) is 12.8. The van der Waals surface area contributed by atoms with Gasteiger partial charge in [-0.05, 0) is 93.0 Å². The zero-order valence-electron chi connectivity index (χ0n) is 25.1. The molecule has 6 rings (SSSR count). The van der Waals surface area contributed by atoms with Crippen molar-refractivity contribution >= 4 is 28.9 Å². The van der Waals surface area contributed by atoms with Crippen LogP contribution in [0.5, 0.6) is 0 Å². The van der Waals surface area contributed by atoms with Crippen LogP contribution in [0.25, 0.3) is 0 Å². The van der Waals surface area contributed by atoms with Crippen LogP contribution in [0.2, 0.25) is 0 Å². The van der Waals surface area contributed by atoms with Gasteiger partial charge in [0, 0.05) is 43.3 Å². The van der Waals surface area contributed by atoms with E-state index in [-0.39, 0.29) is 23.4 Å². The van der Waals surface area contributed by atoms with Gasteiger partial charge in [-0.1, -0.05) is 30.3 Å². The Hall–Kier alpha value is -3.91. The Kier molecular flexibility index (Phi) is 8.66. The van der Waals surface area contributed by atoms with Crippen molar-refractivity contribution in [3.63, 3.8) is 0 Å². The summed E-state index contributed by atoms with van der Waals surface area (Å²) in [4.78, 5) is 32.1. The summed E-state index contributed by atoms with van der Waals surface area (Å²) in [6.45, 7) is 7.77. The lowest BCUT2D eigenvalue weighted by atomic mass is 9.83. The number of nitrogens with zero attached hydrogens (tertiary/aromatic N) is 2. The third-order valence-electron chi connectivity index (χ3n) is 9.14. The Labute approximate surface area is 253 Å². The molecule has 3 aromatic rings. The van der Waals surface area contributed by atoms with Crippen LogP contribution in [0, 0.1) is 25.6 Å². The molecular weight excluding hydrogens is 543 g/mol. The first-order valence-corrected chi connectivity index (χ1v) is 15.6. The maximum atomic E-state index is 15.0.